The van der Waals surface area contributed by atoms with E-state index >= 15 is 0 Å². The molecule has 1 aliphatic rings. The molecule has 1 unspecified atom stereocenters. The van der Waals surface area contributed by atoms with Crippen molar-refractivity contribution in [3.63, 3.8) is 0 Å². The van der Waals surface area contributed by atoms with Crippen molar-refractivity contribution < 1.29 is 19.1 Å². The Hall–Kier alpha value is -2.49. The van der Waals surface area contributed by atoms with Crippen LogP contribution in [0.5, 0.6) is 0 Å². The average molecular weight is 419 g/mol. The molecule has 0 bridgehead atoms. The van der Waals surface area contributed by atoms with E-state index in [1.807, 2.05) is 47.5 Å². The first-order valence-corrected chi connectivity index (χ1v) is 10.2. The molecule has 0 spiro atoms. The molecule has 9 heteroatoms. The summed E-state index contributed by atoms with van der Waals surface area (Å²) in [7, 11) is 4.97. The minimum absolute atomic E-state index is 0.0757. The molecule has 0 aliphatic carbocycles. The molecule has 2 amide bonds. The maximum absolute atomic E-state index is 13.2. The highest BCUT2D eigenvalue weighted by atomic mass is 32.1. The van der Waals surface area contributed by atoms with Gasteiger partial charge < -0.3 is 18.9 Å². The third-order valence-electron chi connectivity index (χ3n) is 4.81. The Morgan fingerprint density at radius 1 is 1.28 bits per heavy atom. The van der Waals surface area contributed by atoms with Crippen LogP contribution in [-0.4, -0.2) is 72.5 Å². The van der Waals surface area contributed by atoms with Gasteiger partial charge in [0.25, 0.3) is 5.91 Å². The summed E-state index contributed by atoms with van der Waals surface area (Å²) < 4.78 is 12.0. The molecule has 29 heavy (non-hydrogen) atoms. The lowest BCUT2D eigenvalue weighted by atomic mass is 10.1. The van der Waals surface area contributed by atoms with Crippen LogP contribution in [0.4, 0.5) is 0 Å². The Balaban J connectivity index is 1.83. The van der Waals surface area contributed by atoms with E-state index in [2.05, 4.69) is 5.10 Å². The van der Waals surface area contributed by atoms with Crippen molar-refractivity contribution in [1.82, 2.24) is 14.5 Å². The summed E-state index contributed by atoms with van der Waals surface area (Å²) in [5.41, 5.74) is 1.88. The maximum Gasteiger partial charge on any atom is 0.262 e. The topological polar surface area (TPSA) is 76.4 Å². The quantitative estimate of drug-likeness (QED) is 0.623. The molecule has 0 N–H and O–H groups in total. The van der Waals surface area contributed by atoms with Crippen LogP contribution in [0.15, 0.2) is 40.9 Å². The largest absolute Gasteiger partial charge is 0.383 e. The molecule has 8 nitrogen and oxygen atoms in total. The van der Waals surface area contributed by atoms with Gasteiger partial charge in [-0.15, -0.1) is 11.3 Å². The average Bonchev–Trinajstić information content (AvgIpc) is 3.44. The first-order chi connectivity index (χ1) is 14.0. The van der Waals surface area contributed by atoms with Gasteiger partial charge in [-0.05, 0) is 23.6 Å². The normalized spacial score (nSPS) is 16.2. The van der Waals surface area contributed by atoms with Crippen molar-refractivity contribution >= 4 is 28.9 Å². The van der Waals surface area contributed by atoms with Crippen LogP contribution in [-0.2, 0) is 26.1 Å². The number of nitrogens with zero attached hydrogens (tertiary/aromatic N) is 4. The van der Waals surface area contributed by atoms with Crippen LogP contribution >= 0.6 is 11.3 Å². The van der Waals surface area contributed by atoms with Crippen LogP contribution in [0.2, 0.25) is 0 Å². The molecule has 0 fully saturated rings. The third-order valence-corrected chi connectivity index (χ3v) is 5.73. The zero-order valence-corrected chi connectivity index (χ0v) is 17.7. The fourth-order valence-electron chi connectivity index (χ4n) is 3.33. The van der Waals surface area contributed by atoms with Crippen LogP contribution in [0, 0.1) is 0 Å². The highest BCUT2D eigenvalue weighted by Crippen LogP contribution is 2.33. The van der Waals surface area contributed by atoms with Gasteiger partial charge in [-0.25, -0.2) is 5.01 Å². The first-order valence-electron chi connectivity index (χ1n) is 9.35. The second-order valence-corrected chi connectivity index (χ2v) is 7.71. The predicted molar refractivity (Wildman–Crippen MR) is 111 cm³/mol. The minimum atomic E-state index is -0.255. The van der Waals surface area contributed by atoms with Crippen molar-refractivity contribution in [3.05, 3.63) is 46.4 Å². The van der Waals surface area contributed by atoms with E-state index in [9.17, 15) is 9.59 Å². The van der Waals surface area contributed by atoms with Crippen molar-refractivity contribution in [1.29, 1.82) is 0 Å². The molecule has 0 saturated carbocycles. The van der Waals surface area contributed by atoms with Crippen molar-refractivity contribution in [2.24, 2.45) is 12.1 Å². The van der Waals surface area contributed by atoms with Crippen LogP contribution in [0.3, 0.4) is 0 Å². The highest BCUT2D eigenvalue weighted by molar-refractivity contribution is 7.12. The van der Waals surface area contributed by atoms with Crippen molar-refractivity contribution in [2.75, 3.05) is 40.5 Å². The van der Waals surface area contributed by atoms with Crippen LogP contribution < -0.4 is 0 Å². The molecule has 0 radical (unpaired) electrons. The zero-order valence-electron chi connectivity index (χ0n) is 16.9. The molecule has 0 saturated heterocycles. The summed E-state index contributed by atoms with van der Waals surface area (Å²) in [4.78, 5) is 28.1. The summed E-state index contributed by atoms with van der Waals surface area (Å²) >= 11 is 1.60. The Kier molecular flexibility index (Phi) is 7.18. The maximum atomic E-state index is 13.2. The Morgan fingerprint density at radius 3 is 2.72 bits per heavy atom. The van der Waals surface area contributed by atoms with E-state index in [-0.39, 0.29) is 31.0 Å². The second kappa shape index (κ2) is 9.82. The summed E-state index contributed by atoms with van der Waals surface area (Å²) in [6.07, 6.45) is 2.59. The lowest BCUT2D eigenvalue weighted by Gasteiger charge is -2.27. The number of aromatic nitrogens is 1. The number of aryl methyl sites for hydroxylation is 1. The SMILES string of the molecule is COCCN(CC(=O)N1N=C(c2cccs2)CC1c1cccn1C)C(=O)COC. The zero-order chi connectivity index (χ0) is 20.8. The van der Waals surface area contributed by atoms with Gasteiger partial charge >= 0.3 is 0 Å². The van der Waals surface area contributed by atoms with Gasteiger partial charge in [0.1, 0.15) is 19.2 Å². The third kappa shape index (κ3) is 4.92. The van der Waals surface area contributed by atoms with Gasteiger partial charge in [-0.2, -0.15) is 5.10 Å². The molecule has 1 atom stereocenters. The Morgan fingerprint density at radius 2 is 2.10 bits per heavy atom. The lowest BCUT2D eigenvalue weighted by molar-refractivity contribution is -0.144. The minimum Gasteiger partial charge on any atom is -0.383 e. The molecule has 2 aromatic heterocycles. The van der Waals surface area contributed by atoms with E-state index in [4.69, 9.17) is 9.47 Å². The number of ether oxygens (including phenoxy) is 2. The van der Waals surface area contributed by atoms with E-state index in [0.29, 0.717) is 19.6 Å². The van der Waals surface area contributed by atoms with E-state index < -0.39 is 0 Å². The van der Waals surface area contributed by atoms with Gasteiger partial charge in [0, 0.05) is 46.1 Å². The second-order valence-electron chi connectivity index (χ2n) is 6.77. The summed E-state index contributed by atoms with van der Waals surface area (Å²) in [6.45, 7) is 0.498. The van der Waals surface area contributed by atoms with Crippen molar-refractivity contribution in [2.45, 2.75) is 12.5 Å². The number of hydrazone groups is 1. The first kappa shape index (κ1) is 21.2. The van der Waals surface area contributed by atoms with Gasteiger partial charge in [-0.3, -0.25) is 9.59 Å². The number of carbonyl (C=O) groups is 2. The van der Waals surface area contributed by atoms with E-state index in [1.54, 1.807) is 18.4 Å². The number of hydrogen-bond acceptors (Lipinski definition) is 6. The molecular weight excluding hydrogens is 392 g/mol. The predicted octanol–water partition coefficient (Wildman–Crippen LogP) is 1.89. The highest BCUT2D eigenvalue weighted by Gasteiger charge is 2.35. The van der Waals surface area contributed by atoms with Crippen LogP contribution in [0.25, 0.3) is 0 Å². The standard InChI is InChI=1S/C20H26N4O4S/c1-22-8-4-6-16(22)17-12-15(18-7-5-11-29-18)21-24(17)19(25)13-23(9-10-27-2)20(26)14-28-3/h4-8,11,17H,9-10,12-14H2,1-3H3. The molecule has 156 valence electrons. The molecule has 3 heterocycles. The Bertz CT molecular complexity index is 862. The Labute approximate surface area is 174 Å². The number of amides is 2. The summed E-state index contributed by atoms with van der Waals surface area (Å²) in [5.74, 6) is -0.488. The number of thiophene rings is 1. The smallest absolute Gasteiger partial charge is 0.262 e. The number of carbonyl (C=O) groups excluding carboxylic acids is 2. The van der Waals surface area contributed by atoms with Crippen molar-refractivity contribution in [3.8, 4) is 0 Å². The molecule has 2 aromatic rings. The molecular formula is C20H26N4O4S. The van der Waals surface area contributed by atoms with Gasteiger partial charge in [0.2, 0.25) is 5.91 Å². The lowest BCUT2D eigenvalue weighted by Crippen LogP contribution is -2.44. The fraction of sp³-hybridized carbons (Fsp3) is 0.450. The van der Waals surface area contributed by atoms with Gasteiger partial charge in [-0.1, -0.05) is 6.07 Å². The summed E-state index contributed by atoms with van der Waals surface area (Å²) in [5, 5.41) is 8.16. The van der Waals surface area contributed by atoms with Gasteiger partial charge in [0.15, 0.2) is 0 Å². The van der Waals surface area contributed by atoms with Crippen LogP contribution in [0.1, 0.15) is 23.0 Å². The molecule has 3 rings (SSSR count). The fourth-order valence-corrected chi connectivity index (χ4v) is 4.05. The number of hydrogen-bond donors (Lipinski definition) is 0. The molecule has 0 aromatic carbocycles. The molecule has 1 aliphatic heterocycles. The number of rotatable bonds is 9. The summed E-state index contributed by atoms with van der Waals surface area (Å²) in [6, 6.07) is 7.72. The van der Waals surface area contributed by atoms with Gasteiger partial charge in [0.05, 0.1) is 17.2 Å². The monoisotopic (exact) mass is 418 g/mol. The number of methoxy groups -OCH3 is 2. The van der Waals surface area contributed by atoms with E-state index in [1.165, 1.54) is 17.0 Å². The van der Waals surface area contributed by atoms with E-state index in [0.717, 1.165) is 16.3 Å².